The van der Waals surface area contributed by atoms with Crippen molar-refractivity contribution in [1.29, 1.82) is 0 Å². The van der Waals surface area contributed by atoms with E-state index in [0.29, 0.717) is 10.9 Å². The standard InChI is InChI=1S/C16H19ClO/c1-10-4-14(8-15(17)5-10)16(18)9-13-7-11-2-3-12(13)6-11/h4-5,8,11-13H,2-3,6-7,9H2,1H3. The number of carbonyl (C=O) groups excluding carboxylic acids is 1. The first-order valence-corrected chi connectivity index (χ1v) is 7.30. The van der Waals surface area contributed by atoms with E-state index >= 15 is 0 Å². The van der Waals surface area contributed by atoms with Crippen molar-refractivity contribution in [2.75, 3.05) is 0 Å². The van der Waals surface area contributed by atoms with E-state index in [4.69, 9.17) is 11.6 Å². The molecule has 0 heterocycles. The van der Waals surface area contributed by atoms with Gasteiger partial charge in [-0.05, 0) is 67.7 Å². The topological polar surface area (TPSA) is 17.1 Å². The second kappa shape index (κ2) is 4.70. The minimum absolute atomic E-state index is 0.276. The minimum atomic E-state index is 0.276. The molecule has 1 nitrogen and oxygen atoms in total. The highest BCUT2D eigenvalue weighted by atomic mass is 35.5. The van der Waals surface area contributed by atoms with E-state index in [9.17, 15) is 4.79 Å². The van der Waals surface area contributed by atoms with Crippen LogP contribution in [-0.2, 0) is 0 Å². The molecule has 1 aromatic carbocycles. The smallest absolute Gasteiger partial charge is 0.163 e. The number of carbonyl (C=O) groups is 1. The molecule has 0 aliphatic heterocycles. The summed E-state index contributed by atoms with van der Waals surface area (Å²) in [6.45, 7) is 1.99. The summed E-state index contributed by atoms with van der Waals surface area (Å²) in [6, 6.07) is 5.67. The van der Waals surface area contributed by atoms with E-state index in [1.807, 2.05) is 25.1 Å². The number of rotatable bonds is 3. The summed E-state index contributed by atoms with van der Waals surface area (Å²) in [5, 5.41) is 0.672. The first kappa shape index (κ1) is 12.2. The first-order valence-electron chi connectivity index (χ1n) is 6.92. The van der Waals surface area contributed by atoms with Crippen LogP contribution >= 0.6 is 11.6 Å². The van der Waals surface area contributed by atoms with Crippen LogP contribution in [0.5, 0.6) is 0 Å². The molecule has 3 atom stereocenters. The molecule has 2 saturated carbocycles. The van der Waals surface area contributed by atoms with Crippen LogP contribution in [0, 0.1) is 24.7 Å². The van der Waals surface area contributed by atoms with Crippen molar-refractivity contribution in [3.63, 3.8) is 0 Å². The van der Waals surface area contributed by atoms with Crippen LogP contribution < -0.4 is 0 Å². The van der Waals surface area contributed by atoms with Gasteiger partial charge in [-0.1, -0.05) is 18.0 Å². The van der Waals surface area contributed by atoms with Crippen LogP contribution in [0.3, 0.4) is 0 Å². The van der Waals surface area contributed by atoms with Crippen molar-refractivity contribution >= 4 is 17.4 Å². The van der Waals surface area contributed by atoms with Gasteiger partial charge in [-0.15, -0.1) is 0 Å². The Hall–Kier alpha value is -0.820. The third-order valence-corrected chi connectivity index (χ3v) is 4.91. The van der Waals surface area contributed by atoms with E-state index in [1.54, 1.807) is 0 Å². The summed E-state index contributed by atoms with van der Waals surface area (Å²) in [7, 11) is 0. The summed E-state index contributed by atoms with van der Waals surface area (Å²) in [4.78, 5) is 12.3. The highest BCUT2D eigenvalue weighted by molar-refractivity contribution is 6.31. The molecule has 0 saturated heterocycles. The molecule has 0 N–H and O–H groups in total. The minimum Gasteiger partial charge on any atom is -0.294 e. The van der Waals surface area contributed by atoms with Gasteiger partial charge in [-0.25, -0.2) is 0 Å². The van der Waals surface area contributed by atoms with Crippen LogP contribution in [0.15, 0.2) is 18.2 Å². The summed E-state index contributed by atoms with van der Waals surface area (Å²) in [5.74, 6) is 2.64. The van der Waals surface area contributed by atoms with Gasteiger partial charge >= 0.3 is 0 Å². The lowest BCUT2D eigenvalue weighted by atomic mass is 9.84. The summed E-state index contributed by atoms with van der Waals surface area (Å²) in [6.07, 6.45) is 6.10. The van der Waals surface area contributed by atoms with Crippen LogP contribution in [0.2, 0.25) is 5.02 Å². The van der Waals surface area contributed by atoms with E-state index in [0.717, 1.165) is 29.4 Å². The largest absolute Gasteiger partial charge is 0.294 e. The molecule has 2 aliphatic rings. The molecule has 96 valence electrons. The molecule has 2 aliphatic carbocycles. The number of Topliss-reactive ketones (excluding diaryl/α,β-unsaturated/α-hetero) is 1. The molecule has 2 heteroatoms. The zero-order chi connectivity index (χ0) is 12.7. The highest BCUT2D eigenvalue weighted by Gasteiger charge is 2.40. The fraction of sp³-hybridized carbons (Fsp3) is 0.562. The first-order chi connectivity index (χ1) is 8.61. The average Bonchev–Trinajstić information content (AvgIpc) is 2.89. The molecular formula is C16H19ClO. The number of aryl methyl sites for hydroxylation is 1. The fourth-order valence-electron chi connectivity index (χ4n) is 3.88. The third kappa shape index (κ3) is 2.33. The lowest BCUT2D eigenvalue weighted by Gasteiger charge is -2.20. The Morgan fingerprint density at radius 3 is 2.72 bits per heavy atom. The maximum atomic E-state index is 12.3. The Labute approximate surface area is 114 Å². The van der Waals surface area contributed by atoms with Crippen LogP contribution in [0.25, 0.3) is 0 Å². The van der Waals surface area contributed by atoms with Crippen LogP contribution in [0.1, 0.15) is 48.0 Å². The SMILES string of the molecule is Cc1cc(Cl)cc(C(=O)CC2CC3CCC2C3)c1. The van der Waals surface area contributed by atoms with Gasteiger partial charge in [0.15, 0.2) is 5.78 Å². The van der Waals surface area contributed by atoms with E-state index in [1.165, 1.54) is 25.7 Å². The molecule has 0 spiro atoms. The van der Waals surface area contributed by atoms with Gasteiger partial charge in [0.2, 0.25) is 0 Å². The van der Waals surface area contributed by atoms with Crippen molar-refractivity contribution in [2.45, 2.75) is 39.0 Å². The van der Waals surface area contributed by atoms with Crippen molar-refractivity contribution in [2.24, 2.45) is 17.8 Å². The van der Waals surface area contributed by atoms with Gasteiger partial charge in [0.05, 0.1) is 0 Å². The van der Waals surface area contributed by atoms with Gasteiger partial charge in [-0.3, -0.25) is 4.79 Å². The number of benzene rings is 1. The van der Waals surface area contributed by atoms with Gasteiger partial charge in [0.25, 0.3) is 0 Å². The predicted octanol–water partition coefficient (Wildman–Crippen LogP) is 4.66. The zero-order valence-corrected chi connectivity index (χ0v) is 11.5. The molecule has 3 unspecified atom stereocenters. The molecular weight excluding hydrogens is 244 g/mol. The monoisotopic (exact) mass is 262 g/mol. The second-order valence-electron chi connectivity index (χ2n) is 6.08. The Bertz CT molecular complexity index is 460. The number of hydrogen-bond acceptors (Lipinski definition) is 1. The second-order valence-corrected chi connectivity index (χ2v) is 6.52. The molecule has 0 radical (unpaired) electrons. The summed E-state index contributed by atoms with van der Waals surface area (Å²) >= 11 is 6.02. The van der Waals surface area contributed by atoms with Crippen molar-refractivity contribution < 1.29 is 4.79 Å². The quantitative estimate of drug-likeness (QED) is 0.724. The van der Waals surface area contributed by atoms with E-state index in [2.05, 4.69) is 0 Å². The number of halogens is 1. The number of fused-ring (bicyclic) bond motifs is 2. The zero-order valence-electron chi connectivity index (χ0n) is 10.8. The molecule has 2 fully saturated rings. The lowest BCUT2D eigenvalue weighted by Crippen LogP contribution is -2.15. The van der Waals surface area contributed by atoms with Crippen LogP contribution in [0.4, 0.5) is 0 Å². The van der Waals surface area contributed by atoms with Crippen molar-refractivity contribution in [1.82, 2.24) is 0 Å². The van der Waals surface area contributed by atoms with Crippen LogP contribution in [-0.4, -0.2) is 5.78 Å². The molecule has 0 aromatic heterocycles. The molecule has 1 aromatic rings. The maximum absolute atomic E-state index is 12.3. The average molecular weight is 263 g/mol. The molecule has 3 rings (SSSR count). The van der Waals surface area contributed by atoms with Gasteiger partial charge in [0, 0.05) is 17.0 Å². The Kier molecular flexibility index (Phi) is 3.19. The Morgan fingerprint density at radius 2 is 2.11 bits per heavy atom. The Morgan fingerprint density at radius 1 is 1.28 bits per heavy atom. The molecule has 18 heavy (non-hydrogen) atoms. The van der Waals surface area contributed by atoms with E-state index in [-0.39, 0.29) is 5.78 Å². The molecule has 0 amide bonds. The molecule has 2 bridgehead atoms. The third-order valence-electron chi connectivity index (χ3n) is 4.70. The van der Waals surface area contributed by atoms with Crippen molar-refractivity contribution in [3.8, 4) is 0 Å². The lowest BCUT2D eigenvalue weighted by molar-refractivity contribution is 0.0944. The fourth-order valence-corrected chi connectivity index (χ4v) is 4.17. The van der Waals surface area contributed by atoms with E-state index < -0.39 is 0 Å². The van der Waals surface area contributed by atoms with Crippen molar-refractivity contribution in [3.05, 3.63) is 34.3 Å². The number of ketones is 1. The predicted molar refractivity (Wildman–Crippen MR) is 74.1 cm³/mol. The number of hydrogen-bond donors (Lipinski definition) is 0. The van der Waals surface area contributed by atoms with Gasteiger partial charge in [0.1, 0.15) is 0 Å². The highest BCUT2D eigenvalue weighted by Crippen LogP contribution is 2.49. The maximum Gasteiger partial charge on any atom is 0.163 e. The Balaban J connectivity index is 1.71. The normalized spacial score (nSPS) is 29.8. The summed E-state index contributed by atoms with van der Waals surface area (Å²) in [5.41, 5.74) is 1.86. The summed E-state index contributed by atoms with van der Waals surface area (Å²) < 4.78 is 0. The van der Waals surface area contributed by atoms with Gasteiger partial charge in [-0.2, -0.15) is 0 Å². The van der Waals surface area contributed by atoms with Gasteiger partial charge < -0.3 is 0 Å².